The van der Waals surface area contributed by atoms with Crippen molar-refractivity contribution in [1.29, 1.82) is 0 Å². The van der Waals surface area contributed by atoms with Gasteiger partial charge in [-0.15, -0.1) is 4.72 Å². The Morgan fingerprint density at radius 3 is 2.27 bits per heavy atom. The van der Waals surface area contributed by atoms with E-state index in [0.29, 0.717) is 16.5 Å². The zero-order valence-corrected chi connectivity index (χ0v) is 13.6. The number of para-hydroxylation sites is 1. The summed E-state index contributed by atoms with van der Waals surface area (Å²) >= 11 is -1.87. The van der Waals surface area contributed by atoms with Crippen molar-refractivity contribution in [1.82, 2.24) is 4.72 Å². The van der Waals surface area contributed by atoms with Gasteiger partial charge in [-0.2, -0.15) is 13.2 Å². The van der Waals surface area contributed by atoms with E-state index in [9.17, 15) is 17.7 Å². The van der Waals surface area contributed by atoms with Crippen molar-refractivity contribution in [2.75, 3.05) is 0 Å². The Morgan fingerprint density at radius 1 is 1.18 bits per heavy atom. The first-order valence-electron chi connectivity index (χ1n) is 6.74. The van der Waals surface area contributed by atoms with Gasteiger partial charge < -0.3 is 8.97 Å². The molecule has 2 atom stereocenters. The van der Waals surface area contributed by atoms with Gasteiger partial charge in [-0.1, -0.05) is 18.2 Å². The SMILES string of the molecule is Cc1c([C@@H](N[S@@+]([O-])C(C)(C)C)C(F)(F)F)oc2ccccc12. The maximum atomic E-state index is 13.4. The molecule has 1 heterocycles. The lowest BCUT2D eigenvalue weighted by molar-refractivity contribution is -0.156. The van der Waals surface area contributed by atoms with Gasteiger partial charge in [-0.25, -0.2) is 0 Å². The summed E-state index contributed by atoms with van der Waals surface area (Å²) in [6, 6.07) is 4.63. The molecule has 0 fully saturated rings. The Labute approximate surface area is 130 Å². The van der Waals surface area contributed by atoms with Gasteiger partial charge in [0.05, 0.1) is 0 Å². The van der Waals surface area contributed by atoms with Gasteiger partial charge in [-0.05, 0) is 33.8 Å². The monoisotopic (exact) mass is 333 g/mol. The highest BCUT2D eigenvalue weighted by Gasteiger charge is 2.48. The first-order chi connectivity index (χ1) is 10.0. The lowest BCUT2D eigenvalue weighted by Crippen LogP contribution is -2.45. The van der Waals surface area contributed by atoms with Crippen molar-refractivity contribution >= 4 is 22.3 Å². The minimum atomic E-state index is -4.61. The van der Waals surface area contributed by atoms with Crippen molar-refractivity contribution in [2.45, 2.75) is 44.7 Å². The second-order valence-electron chi connectivity index (χ2n) is 6.06. The van der Waals surface area contributed by atoms with Gasteiger partial charge in [0.25, 0.3) is 0 Å². The van der Waals surface area contributed by atoms with Crippen LogP contribution < -0.4 is 4.72 Å². The number of nitrogens with one attached hydrogen (secondary N) is 1. The number of fused-ring (bicyclic) bond motifs is 1. The fraction of sp³-hybridized carbons (Fsp3) is 0.467. The fourth-order valence-corrected chi connectivity index (χ4v) is 2.83. The molecule has 0 amide bonds. The number of hydrogen-bond acceptors (Lipinski definition) is 3. The summed E-state index contributed by atoms with van der Waals surface area (Å²) in [7, 11) is 0. The molecule has 0 aliphatic carbocycles. The molecule has 122 valence electrons. The molecule has 1 aromatic carbocycles. The van der Waals surface area contributed by atoms with Gasteiger partial charge in [0.1, 0.15) is 16.1 Å². The van der Waals surface area contributed by atoms with E-state index in [2.05, 4.69) is 4.72 Å². The quantitative estimate of drug-likeness (QED) is 0.847. The number of aryl methyl sites for hydroxylation is 1. The Balaban J connectivity index is 2.47. The third kappa shape index (κ3) is 3.42. The van der Waals surface area contributed by atoms with Crippen LogP contribution in [0.1, 0.15) is 38.1 Å². The van der Waals surface area contributed by atoms with E-state index >= 15 is 0 Å². The summed E-state index contributed by atoms with van der Waals surface area (Å²) in [6.45, 7) is 6.39. The van der Waals surface area contributed by atoms with Crippen molar-refractivity contribution in [2.24, 2.45) is 0 Å². The smallest absolute Gasteiger partial charge is 0.415 e. The lowest BCUT2D eigenvalue weighted by atomic mass is 10.1. The zero-order valence-electron chi connectivity index (χ0n) is 12.7. The summed E-state index contributed by atoms with van der Waals surface area (Å²) in [5.41, 5.74) is 0.781. The van der Waals surface area contributed by atoms with Crippen LogP contribution in [0.15, 0.2) is 28.7 Å². The molecule has 0 saturated heterocycles. The van der Waals surface area contributed by atoms with Crippen molar-refractivity contribution in [3.63, 3.8) is 0 Å². The third-order valence-electron chi connectivity index (χ3n) is 3.25. The second kappa shape index (κ2) is 5.79. The molecule has 1 N–H and O–H groups in total. The van der Waals surface area contributed by atoms with Crippen LogP contribution in [0, 0.1) is 6.92 Å². The lowest BCUT2D eigenvalue weighted by Gasteiger charge is -2.28. The van der Waals surface area contributed by atoms with Crippen LogP contribution in [0.2, 0.25) is 0 Å². The highest BCUT2D eigenvalue weighted by molar-refractivity contribution is 7.90. The van der Waals surface area contributed by atoms with Crippen LogP contribution in [0.3, 0.4) is 0 Å². The molecular formula is C15H18F3NO2S. The topological polar surface area (TPSA) is 48.2 Å². The summed E-state index contributed by atoms with van der Waals surface area (Å²) in [5, 5.41) is 0.620. The van der Waals surface area contributed by atoms with Gasteiger partial charge in [0, 0.05) is 22.3 Å². The number of halogens is 3. The summed E-state index contributed by atoms with van der Waals surface area (Å²) in [4.78, 5) is 0. The van der Waals surface area contributed by atoms with Crippen molar-refractivity contribution in [3.8, 4) is 0 Å². The van der Waals surface area contributed by atoms with E-state index < -0.39 is 28.3 Å². The van der Waals surface area contributed by atoms with E-state index in [1.165, 1.54) is 0 Å². The van der Waals surface area contributed by atoms with Crippen molar-refractivity contribution < 1.29 is 22.1 Å². The Kier molecular flexibility index (Phi) is 4.52. The molecule has 2 rings (SSSR count). The molecule has 22 heavy (non-hydrogen) atoms. The molecule has 2 aromatic rings. The first kappa shape index (κ1) is 17.2. The van der Waals surface area contributed by atoms with E-state index in [1.54, 1.807) is 52.0 Å². The average molecular weight is 333 g/mol. The molecular weight excluding hydrogens is 315 g/mol. The van der Waals surface area contributed by atoms with E-state index in [-0.39, 0.29) is 5.76 Å². The van der Waals surface area contributed by atoms with E-state index in [0.717, 1.165) is 0 Å². The molecule has 7 heteroatoms. The van der Waals surface area contributed by atoms with E-state index in [4.69, 9.17) is 4.42 Å². The molecule has 0 aliphatic heterocycles. The van der Waals surface area contributed by atoms with Gasteiger partial charge in [0.15, 0.2) is 0 Å². The minimum Gasteiger partial charge on any atom is -0.598 e. The highest BCUT2D eigenvalue weighted by Crippen LogP contribution is 2.39. The standard InChI is InChI=1S/C15H18F3NO2S/c1-9-10-7-5-6-8-11(10)21-12(9)13(15(16,17)18)19-22(20)14(2,3)4/h5-8,13,19H,1-4H3/t13-,22+/m1/s1. The average Bonchev–Trinajstić information content (AvgIpc) is 2.71. The zero-order chi connectivity index (χ0) is 16.7. The summed E-state index contributed by atoms with van der Waals surface area (Å²) in [5.74, 6) is -0.244. The number of alkyl halides is 3. The maximum absolute atomic E-state index is 13.4. The van der Waals surface area contributed by atoms with E-state index in [1.807, 2.05) is 0 Å². The Bertz CT molecular complexity index is 661. The highest BCUT2D eigenvalue weighted by atomic mass is 32.2. The Morgan fingerprint density at radius 2 is 1.77 bits per heavy atom. The predicted octanol–water partition coefficient (Wildman–Crippen LogP) is 4.40. The van der Waals surface area contributed by atoms with Crippen molar-refractivity contribution in [3.05, 3.63) is 35.6 Å². The number of furan rings is 1. The minimum absolute atomic E-state index is 0.244. The Hall–Kier alpha value is -1.18. The maximum Gasteiger partial charge on any atom is 0.415 e. The molecule has 0 unspecified atom stereocenters. The summed E-state index contributed by atoms with van der Waals surface area (Å²) < 4.78 is 59.0. The third-order valence-corrected chi connectivity index (χ3v) is 4.81. The molecule has 0 radical (unpaired) electrons. The fourth-order valence-electron chi connectivity index (χ4n) is 2.02. The molecule has 0 saturated carbocycles. The number of hydrogen-bond donors (Lipinski definition) is 1. The van der Waals surface area contributed by atoms with Gasteiger partial charge >= 0.3 is 6.18 Å². The molecule has 3 nitrogen and oxygen atoms in total. The molecule has 0 aliphatic rings. The first-order valence-corrected chi connectivity index (χ1v) is 7.89. The van der Waals surface area contributed by atoms with Crippen LogP contribution in [-0.2, 0) is 11.4 Å². The molecule has 0 bridgehead atoms. The van der Waals surface area contributed by atoms with Crippen LogP contribution in [0.25, 0.3) is 11.0 Å². The predicted molar refractivity (Wildman–Crippen MR) is 80.8 cm³/mol. The molecule has 1 aromatic heterocycles. The normalized spacial score (nSPS) is 16.0. The molecule has 0 spiro atoms. The van der Waals surface area contributed by atoms with Gasteiger partial charge in [-0.3, -0.25) is 0 Å². The van der Waals surface area contributed by atoms with Crippen LogP contribution in [0.4, 0.5) is 13.2 Å². The largest absolute Gasteiger partial charge is 0.598 e. The van der Waals surface area contributed by atoms with Crippen LogP contribution >= 0.6 is 0 Å². The number of rotatable bonds is 3. The van der Waals surface area contributed by atoms with Crippen LogP contribution in [0.5, 0.6) is 0 Å². The van der Waals surface area contributed by atoms with Crippen LogP contribution in [-0.4, -0.2) is 15.5 Å². The second-order valence-corrected chi connectivity index (χ2v) is 8.06. The summed E-state index contributed by atoms with van der Waals surface area (Å²) in [6.07, 6.45) is -4.61. The van der Waals surface area contributed by atoms with Gasteiger partial charge in [0.2, 0.25) is 6.04 Å². The number of benzene rings is 1.